The van der Waals surface area contributed by atoms with Crippen molar-refractivity contribution in [3.8, 4) is 17.3 Å². The molecule has 0 amide bonds. The van der Waals surface area contributed by atoms with Gasteiger partial charge in [-0.3, -0.25) is 14.9 Å². The highest BCUT2D eigenvalue weighted by Crippen LogP contribution is 2.35. The molecule has 0 aliphatic rings. The largest absolute Gasteiger partial charge is 0.481 e. The summed E-state index contributed by atoms with van der Waals surface area (Å²) in [6.07, 6.45) is 1.26. The van der Waals surface area contributed by atoms with Gasteiger partial charge in [0.2, 0.25) is 11.6 Å². The van der Waals surface area contributed by atoms with E-state index in [0.29, 0.717) is 37.9 Å². The van der Waals surface area contributed by atoms with E-state index in [9.17, 15) is 14.9 Å². The molecule has 6 rings (SSSR count). The fourth-order valence-electron chi connectivity index (χ4n) is 4.38. The van der Waals surface area contributed by atoms with Crippen LogP contribution in [0.15, 0.2) is 99.2 Å². The highest BCUT2D eigenvalue weighted by molar-refractivity contribution is 6.42. The third-order valence-corrected chi connectivity index (χ3v) is 7.30. The molecule has 0 radical (unpaired) electrons. The Morgan fingerprint density at radius 3 is 2.55 bits per heavy atom. The minimum absolute atomic E-state index is 0.0675. The SMILES string of the molecule is O=c1c2ccccc2nc(-c2cc3ccccc3o2)n1N=Cc1cc(Cl)cc([N+](=O)[O-])c1OCc1ccc(Cl)c(Cl)c1. The second-order valence-corrected chi connectivity index (χ2v) is 10.4. The Kier molecular flexibility index (Phi) is 7.38. The average Bonchev–Trinajstić information content (AvgIpc) is 3.42. The Morgan fingerprint density at radius 1 is 0.976 bits per heavy atom. The highest BCUT2D eigenvalue weighted by atomic mass is 35.5. The molecule has 9 nitrogen and oxygen atoms in total. The number of ether oxygens (including phenoxy) is 1. The zero-order valence-electron chi connectivity index (χ0n) is 21.3. The second kappa shape index (κ2) is 11.3. The van der Waals surface area contributed by atoms with Crippen molar-refractivity contribution in [1.29, 1.82) is 0 Å². The van der Waals surface area contributed by atoms with Crippen molar-refractivity contribution >= 4 is 68.6 Å². The molecule has 0 saturated heterocycles. The maximum atomic E-state index is 13.6. The maximum absolute atomic E-state index is 13.6. The first kappa shape index (κ1) is 27.5. The van der Waals surface area contributed by atoms with Crippen LogP contribution in [-0.2, 0) is 6.61 Å². The van der Waals surface area contributed by atoms with E-state index in [1.807, 2.05) is 18.2 Å². The number of furan rings is 1. The molecule has 0 unspecified atom stereocenters. The van der Waals surface area contributed by atoms with Crippen LogP contribution in [0, 0.1) is 10.1 Å². The zero-order chi connectivity index (χ0) is 29.4. The number of aromatic nitrogens is 2. The molecule has 2 heterocycles. The van der Waals surface area contributed by atoms with E-state index in [2.05, 4.69) is 10.1 Å². The summed E-state index contributed by atoms with van der Waals surface area (Å²) >= 11 is 18.4. The van der Waals surface area contributed by atoms with Crippen molar-refractivity contribution < 1.29 is 14.1 Å². The molecular weight excluding hydrogens is 603 g/mol. The van der Waals surface area contributed by atoms with Crippen LogP contribution in [0.5, 0.6) is 5.75 Å². The van der Waals surface area contributed by atoms with Crippen LogP contribution in [-0.4, -0.2) is 20.8 Å². The number of hydrogen-bond acceptors (Lipinski definition) is 7. The van der Waals surface area contributed by atoms with Gasteiger partial charge in [-0.2, -0.15) is 9.78 Å². The van der Waals surface area contributed by atoms with E-state index in [0.717, 1.165) is 10.1 Å². The van der Waals surface area contributed by atoms with Crippen LogP contribution in [0.4, 0.5) is 5.69 Å². The topological polar surface area (TPSA) is 113 Å². The fourth-order valence-corrected chi connectivity index (χ4v) is 4.92. The number of hydrogen-bond donors (Lipinski definition) is 0. The lowest BCUT2D eigenvalue weighted by Gasteiger charge is -2.11. The zero-order valence-corrected chi connectivity index (χ0v) is 23.6. The molecule has 0 saturated carbocycles. The summed E-state index contributed by atoms with van der Waals surface area (Å²) in [7, 11) is 0. The quantitative estimate of drug-likeness (QED) is 0.101. The molecule has 0 spiro atoms. The number of nitro groups is 1. The van der Waals surface area contributed by atoms with Crippen LogP contribution in [0.25, 0.3) is 33.5 Å². The van der Waals surface area contributed by atoms with E-state index >= 15 is 0 Å². The van der Waals surface area contributed by atoms with Gasteiger partial charge in [0, 0.05) is 22.0 Å². The summed E-state index contributed by atoms with van der Waals surface area (Å²) in [5, 5.41) is 18.2. The first-order valence-electron chi connectivity index (χ1n) is 12.4. The van der Waals surface area contributed by atoms with Gasteiger partial charge in [-0.15, -0.1) is 0 Å². The summed E-state index contributed by atoms with van der Waals surface area (Å²) in [5.41, 5.74) is 0.985. The van der Waals surface area contributed by atoms with E-state index in [-0.39, 0.29) is 34.5 Å². The molecule has 0 aliphatic carbocycles. The monoisotopic (exact) mass is 618 g/mol. The summed E-state index contributed by atoms with van der Waals surface area (Å²) < 4.78 is 13.0. The number of para-hydroxylation sites is 2. The number of rotatable bonds is 7. The molecule has 12 heteroatoms. The Bertz CT molecular complexity index is 2070. The number of benzene rings is 4. The predicted molar refractivity (Wildman–Crippen MR) is 163 cm³/mol. The third kappa shape index (κ3) is 5.33. The van der Waals surface area contributed by atoms with E-state index in [1.54, 1.807) is 54.6 Å². The Balaban J connectivity index is 1.48. The highest BCUT2D eigenvalue weighted by Gasteiger charge is 2.22. The predicted octanol–water partition coefficient (Wildman–Crippen LogP) is 8.14. The molecule has 0 atom stereocenters. The van der Waals surface area contributed by atoms with Gasteiger partial charge in [-0.05, 0) is 48.0 Å². The van der Waals surface area contributed by atoms with Crippen molar-refractivity contribution in [3.05, 3.63) is 132 Å². The van der Waals surface area contributed by atoms with Crippen LogP contribution in [0.3, 0.4) is 0 Å². The molecule has 0 N–H and O–H groups in total. The first-order chi connectivity index (χ1) is 20.3. The van der Waals surface area contributed by atoms with Crippen molar-refractivity contribution in [1.82, 2.24) is 9.66 Å². The number of nitrogens with zero attached hydrogens (tertiary/aromatic N) is 4. The molecule has 208 valence electrons. The Morgan fingerprint density at radius 2 is 1.76 bits per heavy atom. The summed E-state index contributed by atoms with van der Waals surface area (Å²) in [6, 6.07) is 23.5. The van der Waals surface area contributed by atoms with Crippen molar-refractivity contribution in [2.45, 2.75) is 6.61 Å². The smallest absolute Gasteiger partial charge is 0.313 e. The van der Waals surface area contributed by atoms with Gasteiger partial charge >= 0.3 is 5.69 Å². The van der Waals surface area contributed by atoms with Gasteiger partial charge in [0.25, 0.3) is 5.56 Å². The van der Waals surface area contributed by atoms with Crippen LogP contribution in [0.2, 0.25) is 15.1 Å². The maximum Gasteiger partial charge on any atom is 0.313 e. The van der Waals surface area contributed by atoms with Crippen molar-refractivity contribution in [2.24, 2.45) is 5.10 Å². The molecule has 0 bridgehead atoms. The van der Waals surface area contributed by atoms with Gasteiger partial charge in [0.05, 0.1) is 32.1 Å². The number of halogens is 3. The van der Waals surface area contributed by atoms with Crippen molar-refractivity contribution in [2.75, 3.05) is 0 Å². The fraction of sp³-hybridized carbons (Fsp3) is 0.0333. The lowest BCUT2D eigenvalue weighted by Crippen LogP contribution is -2.20. The molecule has 2 aromatic heterocycles. The van der Waals surface area contributed by atoms with Gasteiger partial charge < -0.3 is 9.15 Å². The molecule has 42 heavy (non-hydrogen) atoms. The molecule has 4 aromatic carbocycles. The summed E-state index contributed by atoms with van der Waals surface area (Å²) in [5.74, 6) is 0.344. The standard InChI is InChI=1S/C30H17Cl3N4O5/c31-20-12-19(28(25(14-20)37(39)40)41-16-17-9-10-22(32)23(33)11-17)15-34-36-29(27-13-18-5-1-4-8-26(18)42-27)35-24-7-3-2-6-21(24)30(36)38/h1-15H,16H2. The lowest BCUT2D eigenvalue weighted by atomic mass is 10.2. The van der Waals surface area contributed by atoms with E-state index in [1.165, 1.54) is 18.3 Å². The minimum atomic E-state index is -0.614. The molecule has 0 aliphatic heterocycles. The normalized spacial score (nSPS) is 11.5. The van der Waals surface area contributed by atoms with E-state index < -0.39 is 10.5 Å². The molecule has 0 fully saturated rings. The van der Waals surface area contributed by atoms with Crippen LogP contribution in [0.1, 0.15) is 11.1 Å². The summed E-state index contributed by atoms with van der Waals surface area (Å²) in [6.45, 7) is -0.0675. The Labute approximate surface area is 252 Å². The van der Waals surface area contributed by atoms with Crippen LogP contribution < -0.4 is 10.3 Å². The van der Waals surface area contributed by atoms with Crippen molar-refractivity contribution in [3.63, 3.8) is 0 Å². The number of nitro benzene ring substituents is 1. The van der Waals surface area contributed by atoms with Gasteiger partial charge in [-0.25, -0.2) is 4.98 Å². The molecular formula is C30H17Cl3N4O5. The number of fused-ring (bicyclic) bond motifs is 2. The minimum Gasteiger partial charge on any atom is -0.481 e. The summed E-state index contributed by atoms with van der Waals surface area (Å²) in [4.78, 5) is 29.6. The van der Waals surface area contributed by atoms with Crippen LogP contribution >= 0.6 is 34.8 Å². The van der Waals surface area contributed by atoms with Gasteiger partial charge in [0.15, 0.2) is 5.76 Å². The second-order valence-electron chi connectivity index (χ2n) is 9.10. The van der Waals surface area contributed by atoms with Gasteiger partial charge in [0.1, 0.15) is 12.2 Å². The third-order valence-electron chi connectivity index (χ3n) is 6.34. The van der Waals surface area contributed by atoms with Gasteiger partial charge in [-0.1, -0.05) is 71.2 Å². The average molecular weight is 620 g/mol. The first-order valence-corrected chi connectivity index (χ1v) is 13.5. The lowest BCUT2D eigenvalue weighted by molar-refractivity contribution is -0.385. The van der Waals surface area contributed by atoms with E-state index in [4.69, 9.17) is 44.0 Å². The molecule has 6 aromatic rings. The Hall–Kier alpha value is -4.70.